The molecule has 168 valence electrons. The number of benzene rings is 2. The fourth-order valence-corrected chi connectivity index (χ4v) is 5.95. The van der Waals surface area contributed by atoms with Crippen molar-refractivity contribution in [2.24, 2.45) is 0 Å². The van der Waals surface area contributed by atoms with Crippen LogP contribution in [0, 0.1) is 13.8 Å². The maximum atomic E-state index is 10.9. The Bertz CT molecular complexity index is 853. The number of hydrogen-bond acceptors (Lipinski definition) is 2. The Labute approximate surface area is 188 Å². The number of phenols is 2. The zero-order valence-corrected chi connectivity index (χ0v) is 19.9. The average molecular weight is 421 g/mol. The maximum Gasteiger partial charge on any atom is 0.121 e. The van der Waals surface area contributed by atoms with Gasteiger partial charge in [0.1, 0.15) is 11.5 Å². The minimum atomic E-state index is -0.191. The van der Waals surface area contributed by atoms with Crippen LogP contribution in [0.4, 0.5) is 0 Å². The van der Waals surface area contributed by atoms with Crippen LogP contribution in [0.3, 0.4) is 0 Å². The predicted octanol–water partition coefficient (Wildman–Crippen LogP) is 8.14. The van der Waals surface area contributed by atoms with Crippen LogP contribution in [0.2, 0.25) is 0 Å². The van der Waals surface area contributed by atoms with E-state index in [0.29, 0.717) is 23.3 Å². The zero-order valence-electron chi connectivity index (χ0n) is 19.9. The molecule has 2 saturated carbocycles. The molecule has 31 heavy (non-hydrogen) atoms. The maximum absolute atomic E-state index is 10.9. The van der Waals surface area contributed by atoms with Crippen LogP contribution < -0.4 is 0 Å². The molecule has 2 aromatic carbocycles. The van der Waals surface area contributed by atoms with Gasteiger partial charge in [0.25, 0.3) is 0 Å². The van der Waals surface area contributed by atoms with Crippen molar-refractivity contribution in [2.45, 2.75) is 109 Å². The Morgan fingerprint density at radius 1 is 0.613 bits per heavy atom. The highest BCUT2D eigenvalue weighted by Gasteiger charge is 2.30. The second-order valence-electron chi connectivity index (χ2n) is 10.8. The van der Waals surface area contributed by atoms with E-state index < -0.39 is 0 Å². The molecular weight excluding hydrogens is 380 g/mol. The first-order chi connectivity index (χ1) is 14.8. The van der Waals surface area contributed by atoms with Crippen LogP contribution in [0.15, 0.2) is 24.3 Å². The van der Waals surface area contributed by atoms with Crippen LogP contribution in [-0.4, -0.2) is 10.2 Å². The van der Waals surface area contributed by atoms with Crippen molar-refractivity contribution in [2.75, 3.05) is 0 Å². The van der Waals surface area contributed by atoms with Gasteiger partial charge in [-0.2, -0.15) is 0 Å². The van der Waals surface area contributed by atoms with Crippen molar-refractivity contribution < 1.29 is 10.2 Å². The lowest BCUT2D eigenvalue weighted by Crippen LogP contribution is -2.21. The summed E-state index contributed by atoms with van der Waals surface area (Å²) in [6.07, 6.45) is 12.4. The van der Waals surface area contributed by atoms with E-state index in [4.69, 9.17) is 0 Å². The Hall–Kier alpha value is -1.96. The first-order valence-corrected chi connectivity index (χ1v) is 12.5. The van der Waals surface area contributed by atoms with Gasteiger partial charge in [0, 0.05) is 5.41 Å². The summed E-state index contributed by atoms with van der Waals surface area (Å²) in [4.78, 5) is 0. The van der Waals surface area contributed by atoms with E-state index in [2.05, 4.69) is 38.1 Å². The average Bonchev–Trinajstić information content (AvgIpc) is 2.78. The lowest BCUT2D eigenvalue weighted by atomic mass is 9.73. The van der Waals surface area contributed by atoms with Gasteiger partial charge in [0.2, 0.25) is 0 Å². The van der Waals surface area contributed by atoms with Crippen molar-refractivity contribution in [1.82, 2.24) is 0 Å². The largest absolute Gasteiger partial charge is 0.507 e. The van der Waals surface area contributed by atoms with E-state index in [9.17, 15) is 10.2 Å². The molecule has 0 bridgehead atoms. The van der Waals surface area contributed by atoms with E-state index in [1.807, 2.05) is 13.8 Å². The third kappa shape index (κ3) is 4.36. The van der Waals surface area contributed by atoms with Gasteiger partial charge >= 0.3 is 0 Å². The lowest BCUT2D eigenvalue weighted by molar-refractivity contribution is 0.410. The summed E-state index contributed by atoms with van der Waals surface area (Å²) in [6.45, 7) is 8.66. The highest BCUT2D eigenvalue weighted by atomic mass is 16.3. The molecule has 2 aliphatic carbocycles. The highest BCUT2D eigenvalue weighted by Crippen LogP contribution is 2.45. The first kappa shape index (κ1) is 22.2. The van der Waals surface area contributed by atoms with Crippen molar-refractivity contribution in [1.29, 1.82) is 0 Å². The second kappa shape index (κ2) is 8.88. The molecule has 2 aromatic rings. The topological polar surface area (TPSA) is 40.5 Å². The SMILES string of the molecule is Cc1cc(C(C)(C)c2cc(C)c(O)c(C3CCCCC3)c2)cc(C2CCCCC2)c1O. The Balaban J connectivity index is 1.76. The smallest absolute Gasteiger partial charge is 0.121 e. The van der Waals surface area contributed by atoms with Gasteiger partial charge in [-0.3, -0.25) is 0 Å². The molecule has 2 aliphatic rings. The summed E-state index contributed by atoms with van der Waals surface area (Å²) < 4.78 is 0. The molecule has 0 unspecified atom stereocenters. The zero-order chi connectivity index (χ0) is 22.2. The Morgan fingerprint density at radius 3 is 1.32 bits per heavy atom. The van der Waals surface area contributed by atoms with Gasteiger partial charge in [-0.15, -0.1) is 0 Å². The van der Waals surface area contributed by atoms with Crippen LogP contribution >= 0.6 is 0 Å². The van der Waals surface area contributed by atoms with E-state index in [0.717, 1.165) is 22.3 Å². The molecule has 4 rings (SSSR count). The van der Waals surface area contributed by atoms with Crippen molar-refractivity contribution in [3.8, 4) is 11.5 Å². The minimum absolute atomic E-state index is 0.191. The molecule has 2 N–H and O–H groups in total. The first-order valence-electron chi connectivity index (χ1n) is 12.5. The van der Waals surface area contributed by atoms with E-state index in [1.54, 1.807) is 0 Å². The number of rotatable bonds is 4. The van der Waals surface area contributed by atoms with Crippen molar-refractivity contribution in [3.05, 3.63) is 57.6 Å². The van der Waals surface area contributed by atoms with Crippen molar-refractivity contribution in [3.63, 3.8) is 0 Å². The molecule has 0 saturated heterocycles. The van der Waals surface area contributed by atoms with Gasteiger partial charge < -0.3 is 10.2 Å². The summed E-state index contributed by atoms with van der Waals surface area (Å²) in [6, 6.07) is 8.90. The Morgan fingerprint density at radius 2 is 0.968 bits per heavy atom. The van der Waals surface area contributed by atoms with E-state index in [1.165, 1.54) is 75.3 Å². The number of hydrogen-bond donors (Lipinski definition) is 2. The highest BCUT2D eigenvalue weighted by molar-refractivity contribution is 5.53. The molecule has 0 atom stereocenters. The van der Waals surface area contributed by atoms with Crippen LogP contribution in [-0.2, 0) is 5.41 Å². The minimum Gasteiger partial charge on any atom is -0.507 e. The lowest BCUT2D eigenvalue weighted by Gasteiger charge is -2.32. The molecule has 2 nitrogen and oxygen atoms in total. The molecule has 2 heteroatoms. The molecule has 0 radical (unpaired) electrons. The van der Waals surface area contributed by atoms with Gasteiger partial charge in [0.05, 0.1) is 0 Å². The summed E-state index contributed by atoms with van der Waals surface area (Å²) >= 11 is 0. The van der Waals surface area contributed by atoms with E-state index in [-0.39, 0.29) is 5.41 Å². The van der Waals surface area contributed by atoms with Crippen LogP contribution in [0.1, 0.15) is 123 Å². The summed E-state index contributed by atoms with van der Waals surface area (Å²) in [5.41, 5.74) is 6.59. The number of aromatic hydroxyl groups is 2. The molecule has 0 aliphatic heterocycles. The number of aryl methyl sites for hydroxylation is 2. The quantitative estimate of drug-likeness (QED) is 0.524. The normalized spacial score (nSPS) is 19.0. The fourth-order valence-electron chi connectivity index (χ4n) is 5.95. The third-order valence-electron chi connectivity index (χ3n) is 8.19. The fraction of sp³-hybridized carbons (Fsp3) is 0.586. The summed E-state index contributed by atoms with van der Waals surface area (Å²) in [5, 5.41) is 21.7. The number of phenolic OH excluding ortho intramolecular Hbond substituents is 2. The predicted molar refractivity (Wildman–Crippen MR) is 129 cm³/mol. The molecule has 0 spiro atoms. The monoisotopic (exact) mass is 420 g/mol. The second-order valence-corrected chi connectivity index (χ2v) is 10.8. The van der Waals surface area contributed by atoms with Crippen LogP contribution in [0.5, 0.6) is 11.5 Å². The molecule has 0 amide bonds. The van der Waals surface area contributed by atoms with Gasteiger partial charge in [-0.1, -0.05) is 76.6 Å². The standard InChI is InChI=1S/C29H40O2/c1-19-15-23(17-25(27(19)30)21-11-7-5-8-12-21)29(3,4)24-16-20(2)28(31)26(18-24)22-13-9-6-10-14-22/h15-18,21-22,30-31H,5-14H2,1-4H3. The van der Waals surface area contributed by atoms with Crippen molar-refractivity contribution >= 4 is 0 Å². The van der Waals surface area contributed by atoms with Gasteiger partial charge in [-0.25, -0.2) is 0 Å². The van der Waals surface area contributed by atoms with E-state index >= 15 is 0 Å². The van der Waals surface area contributed by atoms with Crippen LogP contribution in [0.25, 0.3) is 0 Å². The molecule has 0 aromatic heterocycles. The van der Waals surface area contributed by atoms with Gasteiger partial charge in [0.15, 0.2) is 0 Å². The summed E-state index contributed by atoms with van der Waals surface area (Å²) in [5.74, 6) is 1.94. The molecule has 2 fully saturated rings. The molecule has 0 heterocycles. The molecular formula is C29H40O2. The Kier molecular flexibility index (Phi) is 6.37. The summed E-state index contributed by atoms with van der Waals surface area (Å²) in [7, 11) is 0. The third-order valence-corrected chi connectivity index (χ3v) is 8.19. The van der Waals surface area contributed by atoms with Gasteiger partial charge in [-0.05, 0) is 84.7 Å².